The number of hydrogen-bond donors (Lipinski definition) is 0. The number of imidazole rings is 1. The third-order valence-corrected chi connectivity index (χ3v) is 2.54. The molecule has 78 valence electrons. The molecule has 1 aromatic carbocycles. The minimum Gasteiger partial charge on any atom is -0.297 e. The molecule has 0 radical (unpaired) electrons. The van der Waals surface area contributed by atoms with Crippen LogP contribution in [-0.4, -0.2) is 9.38 Å². The normalized spacial score (nSPS) is 10.8. The molecule has 0 aliphatic carbocycles. The summed E-state index contributed by atoms with van der Waals surface area (Å²) in [7, 11) is 0. The van der Waals surface area contributed by atoms with E-state index in [4.69, 9.17) is 0 Å². The van der Waals surface area contributed by atoms with Crippen LogP contribution in [0.1, 0.15) is 0 Å². The molecule has 0 saturated heterocycles. The van der Waals surface area contributed by atoms with Gasteiger partial charge in [-0.3, -0.25) is 4.40 Å². The first-order valence-corrected chi connectivity index (χ1v) is 5.04. The average molecular weight is 212 g/mol. The van der Waals surface area contributed by atoms with Gasteiger partial charge in [-0.1, -0.05) is 36.4 Å². The molecule has 0 bridgehead atoms. The molecular weight excluding hydrogens is 203 g/mol. The Kier molecular flexibility index (Phi) is 1.96. The largest absolute Gasteiger partial charge is 0.297 e. The van der Waals surface area contributed by atoms with Gasteiger partial charge in [-0.25, -0.2) is 0 Å². The molecular formula is C13H9FN2. The Labute approximate surface area is 92.0 Å². The van der Waals surface area contributed by atoms with E-state index in [0.29, 0.717) is 11.3 Å². The van der Waals surface area contributed by atoms with Crippen molar-refractivity contribution in [2.24, 2.45) is 0 Å². The fraction of sp³-hybridized carbons (Fsp3) is 0. The maximum absolute atomic E-state index is 13.6. The highest BCUT2D eigenvalue weighted by atomic mass is 19.1. The van der Waals surface area contributed by atoms with Gasteiger partial charge in [0.2, 0.25) is 5.95 Å². The summed E-state index contributed by atoms with van der Waals surface area (Å²) in [6.07, 6.45) is 1.81. The van der Waals surface area contributed by atoms with Crippen molar-refractivity contribution in [1.82, 2.24) is 9.38 Å². The van der Waals surface area contributed by atoms with Gasteiger partial charge in [-0.05, 0) is 12.1 Å². The van der Waals surface area contributed by atoms with Crippen molar-refractivity contribution >= 4 is 5.52 Å². The van der Waals surface area contributed by atoms with E-state index < -0.39 is 5.95 Å². The minimum atomic E-state index is -0.431. The number of aromatic nitrogens is 2. The molecule has 0 aliphatic heterocycles. The number of nitrogens with zero attached hydrogens (tertiary/aromatic N) is 2. The Hall–Kier alpha value is -2.16. The second-order valence-corrected chi connectivity index (χ2v) is 3.55. The van der Waals surface area contributed by atoms with Gasteiger partial charge in [-0.15, -0.1) is 0 Å². The monoisotopic (exact) mass is 212 g/mol. The van der Waals surface area contributed by atoms with Crippen LogP contribution in [0.2, 0.25) is 0 Å². The molecule has 3 aromatic rings. The lowest BCUT2D eigenvalue weighted by atomic mass is 10.2. The van der Waals surface area contributed by atoms with E-state index in [0.717, 1.165) is 5.56 Å². The van der Waals surface area contributed by atoms with Crippen molar-refractivity contribution in [3.05, 3.63) is 60.7 Å². The van der Waals surface area contributed by atoms with Crippen LogP contribution in [0.5, 0.6) is 0 Å². The molecule has 0 unspecified atom stereocenters. The van der Waals surface area contributed by atoms with Gasteiger partial charge in [0.15, 0.2) is 0 Å². The number of benzene rings is 1. The van der Waals surface area contributed by atoms with Crippen LogP contribution >= 0.6 is 0 Å². The predicted octanol–water partition coefficient (Wildman–Crippen LogP) is 3.14. The number of fused-ring (bicyclic) bond motifs is 1. The Bertz CT molecular complexity index is 629. The quantitative estimate of drug-likeness (QED) is 0.605. The van der Waals surface area contributed by atoms with Crippen molar-refractivity contribution in [3.63, 3.8) is 0 Å². The van der Waals surface area contributed by atoms with Crippen molar-refractivity contribution in [3.8, 4) is 11.4 Å². The van der Waals surface area contributed by atoms with Crippen molar-refractivity contribution < 1.29 is 4.39 Å². The maximum atomic E-state index is 13.6. The van der Waals surface area contributed by atoms with Crippen molar-refractivity contribution in [1.29, 1.82) is 0 Å². The first-order valence-electron chi connectivity index (χ1n) is 5.04. The summed E-state index contributed by atoms with van der Waals surface area (Å²) in [6.45, 7) is 0. The molecule has 2 aromatic heterocycles. The lowest BCUT2D eigenvalue weighted by Gasteiger charge is -1.99. The highest BCUT2D eigenvalue weighted by Crippen LogP contribution is 2.21. The second-order valence-electron chi connectivity index (χ2n) is 3.55. The third kappa shape index (κ3) is 1.29. The molecule has 3 heteroatoms. The molecule has 16 heavy (non-hydrogen) atoms. The van der Waals surface area contributed by atoms with Gasteiger partial charge in [0.05, 0.1) is 0 Å². The van der Waals surface area contributed by atoms with Crippen LogP contribution in [0.3, 0.4) is 0 Å². The Morgan fingerprint density at radius 3 is 2.50 bits per heavy atom. The van der Waals surface area contributed by atoms with Crippen LogP contribution in [0.4, 0.5) is 4.39 Å². The molecule has 0 fully saturated rings. The van der Waals surface area contributed by atoms with E-state index in [9.17, 15) is 4.39 Å². The lowest BCUT2D eigenvalue weighted by Crippen LogP contribution is -1.87. The van der Waals surface area contributed by atoms with Crippen LogP contribution < -0.4 is 0 Å². The standard InChI is InChI=1S/C13H9FN2/c14-12-11-8-4-5-9-16(11)13(15-12)10-6-2-1-3-7-10/h1-9H. The number of rotatable bonds is 1. The van der Waals surface area contributed by atoms with Crippen LogP contribution in [0.25, 0.3) is 16.9 Å². The van der Waals surface area contributed by atoms with Crippen molar-refractivity contribution in [2.75, 3.05) is 0 Å². The second kappa shape index (κ2) is 3.45. The zero-order chi connectivity index (χ0) is 11.0. The van der Waals surface area contributed by atoms with Crippen molar-refractivity contribution in [2.45, 2.75) is 0 Å². The van der Waals surface area contributed by atoms with Gasteiger partial charge in [0, 0.05) is 11.8 Å². The predicted molar refractivity (Wildman–Crippen MR) is 60.6 cm³/mol. The molecule has 2 heterocycles. The summed E-state index contributed by atoms with van der Waals surface area (Å²) in [4.78, 5) is 3.96. The topological polar surface area (TPSA) is 17.3 Å². The van der Waals surface area contributed by atoms with E-state index >= 15 is 0 Å². The molecule has 0 amide bonds. The van der Waals surface area contributed by atoms with Gasteiger partial charge in [0.1, 0.15) is 11.3 Å². The zero-order valence-corrected chi connectivity index (χ0v) is 8.47. The number of halogens is 1. The average Bonchev–Trinajstić information content (AvgIpc) is 2.69. The summed E-state index contributed by atoms with van der Waals surface area (Å²) < 4.78 is 15.3. The highest BCUT2D eigenvalue weighted by molar-refractivity contribution is 5.62. The first kappa shape index (κ1) is 9.09. The molecule has 0 N–H and O–H groups in total. The van der Waals surface area contributed by atoms with Crippen LogP contribution in [0, 0.1) is 5.95 Å². The van der Waals surface area contributed by atoms with Crippen LogP contribution in [0.15, 0.2) is 54.7 Å². The SMILES string of the molecule is Fc1nc(-c2ccccc2)n2ccccc12. The van der Waals surface area contributed by atoms with Gasteiger partial charge in [-0.2, -0.15) is 9.37 Å². The third-order valence-electron chi connectivity index (χ3n) is 2.54. The Morgan fingerprint density at radius 1 is 0.938 bits per heavy atom. The van der Waals surface area contributed by atoms with E-state index in [1.54, 1.807) is 16.5 Å². The van der Waals surface area contributed by atoms with Gasteiger partial charge < -0.3 is 0 Å². The smallest absolute Gasteiger partial charge is 0.239 e. The highest BCUT2D eigenvalue weighted by Gasteiger charge is 2.10. The Balaban J connectivity index is 2.33. The summed E-state index contributed by atoms with van der Waals surface area (Å²) in [5.41, 5.74) is 1.41. The summed E-state index contributed by atoms with van der Waals surface area (Å²) >= 11 is 0. The van der Waals surface area contributed by atoms with E-state index in [2.05, 4.69) is 4.98 Å². The molecule has 0 aliphatic rings. The minimum absolute atomic E-state index is 0.431. The van der Waals surface area contributed by atoms with E-state index in [-0.39, 0.29) is 0 Å². The summed E-state index contributed by atoms with van der Waals surface area (Å²) in [5, 5.41) is 0. The molecule has 2 nitrogen and oxygen atoms in total. The fourth-order valence-corrected chi connectivity index (χ4v) is 1.79. The Morgan fingerprint density at radius 2 is 1.69 bits per heavy atom. The molecule has 0 saturated carbocycles. The van der Waals surface area contributed by atoms with Crippen LogP contribution in [-0.2, 0) is 0 Å². The maximum Gasteiger partial charge on any atom is 0.239 e. The molecule has 3 rings (SSSR count). The molecule has 0 atom stereocenters. The zero-order valence-electron chi connectivity index (χ0n) is 8.47. The summed E-state index contributed by atoms with van der Waals surface area (Å²) in [6, 6.07) is 15.0. The summed E-state index contributed by atoms with van der Waals surface area (Å²) in [5.74, 6) is 0.202. The van der Waals surface area contributed by atoms with Gasteiger partial charge >= 0.3 is 0 Å². The first-order chi connectivity index (χ1) is 7.86. The number of pyridine rings is 1. The molecule has 0 spiro atoms. The number of hydrogen-bond acceptors (Lipinski definition) is 1. The van der Waals surface area contributed by atoms with Gasteiger partial charge in [0.25, 0.3) is 0 Å². The van der Waals surface area contributed by atoms with E-state index in [1.807, 2.05) is 42.6 Å². The van der Waals surface area contributed by atoms with E-state index in [1.165, 1.54) is 0 Å². The lowest BCUT2D eigenvalue weighted by molar-refractivity contribution is 0.602. The fourth-order valence-electron chi connectivity index (χ4n) is 1.79.